The van der Waals surface area contributed by atoms with Crippen LogP contribution in [0.25, 0.3) is 10.9 Å². The number of carboxylic acids is 1. The zero-order valence-electron chi connectivity index (χ0n) is 29.7. The quantitative estimate of drug-likeness (QED) is 0.178. The number of ether oxygens (including phenoxy) is 4. The predicted octanol–water partition coefficient (Wildman–Crippen LogP) is 0.0391. The van der Waals surface area contributed by atoms with E-state index in [0.717, 1.165) is 25.7 Å². The summed E-state index contributed by atoms with van der Waals surface area (Å²) in [5.41, 5.74) is -2.30. The molecule has 270 valence electrons. The van der Waals surface area contributed by atoms with Gasteiger partial charge in [-0.3, -0.25) is 9.59 Å². The maximum Gasteiger partial charge on any atom is 1.00 e. The molecule has 14 nitrogen and oxygen atoms in total. The van der Waals surface area contributed by atoms with E-state index < -0.39 is 64.7 Å². The molecule has 0 spiro atoms. The zero-order chi connectivity index (χ0) is 36.5. The molecule has 2 heterocycles. The van der Waals surface area contributed by atoms with Gasteiger partial charge >= 0.3 is 41.6 Å². The number of carbonyl (C=O) groups is 5. The van der Waals surface area contributed by atoms with Gasteiger partial charge in [0.05, 0.1) is 42.4 Å². The predicted molar refractivity (Wildman–Crippen MR) is 181 cm³/mol. The number of esters is 1. The van der Waals surface area contributed by atoms with E-state index in [1.165, 1.54) is 25.2 Å². The standard InChI is InChI=1S/C35H43BrN4O10.Na/c1-7-18-16-35(18,32(45)48-6)39-29(41)23-14-20(49-25-15-22(31(43)44)37-27-21(25)12-13-24(47-5)26(27)36)17-40(23)30(42)28(34(2,3)4)38-33(46)50-19-10-8-9-11-19;/h7,12-13,15,18-20,23,28H,1,8-11,14,16-17H2,2-6H3,(H,38,46)(H,39,41)(H,43,44);/q;+1/p-1/t18-,20-,23+,28-,35-;/m1./s1. The third-order valence-corrected chi connectivity index (χ3v) is 10.3. The van der Waals surface area contributed by atoms with Crippen molar-refractivity contribution < 1.29 is 77.6 Å². The first-order valence-corrected chi connectivity index (χ1v) is 17.3. The van der Waals surface area contributed by atoms with Crippen molar-refractivity contribution in [3.05, 3.63) is 41.0 Å². The van der Waals surface area contributed by atoms with Gasteiger partial charge in [-0.05, 0) is 65.6 Å². The van der Waals surface area contributed by atoms with Crippen LogP contribution < -0.4 is 54.8 Å². The largest absolute Gasteiger partial charge is 1.00 e. The Morgan fingerprint density at radius 2 is 1.80 bits per heavy atom. The van der Waals surface area contributed by atoms with Crippen LogP contribution in [-0.4, -0.2) is 90.3 Å². The maximum absolute atomic E-state index is 14.4. The molecule has 0 bridgehead atoms. The van der Waals surface area contributed by atoms with Crippen LogP contribution in [0.5, 0.6) is 11.5 Å². The zero-order valence-corrected chi connectivity index (χ0v) is 33.3. The summed E-state index contributed by atoms with van der Waals surface area (Å²) in [4.78, 5) is 71.8. The minimum atomic E-state index is -1.54. The van der Waals surface area contributed by atoms with Gasteiger partial charge in [0.15, 0.2) is 0 Å². The van der Waals surface area contributed by atoms with E-state index in [2.05, 4.69) is 38.1 Å². The van der Waals surface area contributed by atoms with Crippen LogP contribution in [0.1, 0.15) is 69.8 Å². The Labute approximate surface area is 326 Å². The molecule has 2 aliphatic carbocycles. The van der Waals surface area contributed by atoms with Gasteiger partial charge in [-0.2, -0.15) is 0 Å². The van der Waals surface area contributed by atoms with E-state index in [1.807, 2.05) is 0 Å². The molecule has 51 heavy (non-hydrogen) atoms. The topological polar surface area (TPSA) is 186 Å². The van der Waals surface area contributed by atoms with E-state index >= 15 is 0 Å². The maximum atomic E-state index is 14.4. The van der Waals surface area contributed by atoms with Crippen LogP contribution in [-0.2, 0) is 23.9 Å². The summed E-state index contributed by atoms with van der Waals surface area (Å²) in [5.74, 6) is -3.19. The number of amides is 3. The fourth-order valence-electron chi connectivity index (χ4n) is 6.73. The van der Waals surface area contributed by atoms with E-state index in [0.29, 0.717) is 15.6 Å². The summed E-state index contributed by atoms with van der Waals surface area (Å²) >= 11 is 3.42. The van der Waals surface area contributed by atoms with Crippen molar-refractivity contribution in [2.45, 2.75) is 89.1 Å². The Morgan fingerprint density at radius 3 is 2.37 bits per heavy atom. The van der Waals surface area contributed by atoms with Gasteiger partial charge in [0.25, 0.3) is 0 Å². The second-order valence-corrected chi connectivity index (χ2v) is 14.8. The molecular weight excluding hydrogens is 739 g/mol. The third-order valence-electron chi connectivity index (χ3n) is 9.56. The Kier molecular flexibility index (Phi) is 12.7. The van der Waals surface area contributed by atoms with Crippen LogP contribution in [0.3, 0.4) is 0 Å². The van der Waals surface area contributed by atoms with E-state index in [4.69, 9.17) is 18.9 Å². The summed E-state index contributed by atoms with van der Waals surface area (Å²) < 4.78 is 22.7. The third kappa shape index (κ3) is 8.47. The molecule has 1 aliphatic heterocycles. The number of carboxylic acid groups (broad SMARTS) is 1. The van der Waals surface area contributed by atoms with E-state index in [1.54, 1.807) is 39.0 Å². The second-order valence-electron chi connectivity index (χ2n) is 14.0. The number of pyridine rings is 1. The first-order chi connectivity index (χ1) is 23.6. The molecule has 1 saturated heterocycles. The minimum absolute atomic E-state index is 0. The number of rotatable bonds is 11. The molecule has 3 aliphatic rings. The molecule has 1 aromatic heterocycles. The number of aromatic nitrogens is 1. The molecular formula is C35H42BrN4NaO10. The number of halogens is 1. The van der Waals surface area contributed by atoms with Crippen LogP contribution in [0.15, 0.2) is 35.3 Å². The van der Waals surface area contributed by atoms with Crippen molar-refractivity contribution in [1.82, 2.24) is 20.5 Å². The molecule has 2 aromatic rings. The summed E-state index contributed by atoms with van der Waals surface area (Å²) in [5, 5.41) is 17.9. The Bertz CT molecular complexity index is 1710. The molecule has 1 aromatic carbocycles. The molecule has 5 atom stereocenters. The van der Waals surface area contributed by atoms with E-state index in [-0.39, 0.29) is 72.2 Å². The van der Waals surface area contributed by atoms with Crippen LogP contribution >= 0.6 is 15.9 Å². The number of aromatic carboxylic acids is 1. The molecule has 2 saturated carbocycles. The van der Waals surface area contributed by atoms with Gasteiger partial charge in [-0.1, -0.05) is 26.8 Å². The number of alkyl carbamates (subject to hydrolysis) is 1. The number of hydrogen-bond donors (Lipinski definition) is 2. The van der Waals surface area contributed by atoms with Crippen molar-refractivity contribution >= 4 is 56.7 Å². The second kappa shape index (κ2) is 16.1. The molecule has 5 rings (SSSR count). The van der Waals surface area contributed by atoms with Crippen molar-refractivity contribution in [2.24, 2.45) is 11.3 Å². The number of carbonyl (C=O) groups excluding carboxylic acids is 5. The molecule has 2 N–H and O–H groups in total. The van der Waals surface area contributed by atoms with Gasteiger partial charge in [-0.15, -0.1) is 6.58 Å². The molecule has 3 amide bonds. The fraction of sp³-hybridized carbons (Fsp3) is 0.543. The first-order valence-electron chi connectivity index (χ1n) is 16.5. The Hall–Kier alpha value is -3.40. The number of nitrogens with zero attached hydrogens (tertiary/aromatic N) is 2. The number of nitrogens with one attached hydrogen (secondary N) is 2. The molecule has 16 heteroatoms. The van der Waals surface area contributed by atoms with Gasteiger partial charge in [0, 0.05) is 23.8 Å². The fourth-order valence-corrected chi connectivity index (χ4v) is 7.33. The van der Waals surface area contributed by atoms with Crippen molar-refractivity contribution in [3.63, 3.8) is 0 Å². The molecule has 0 unspecified atom stereocenters. The number of benzene rings is 1. The number of likely N-dealkylation sites (tertiary alicyclic amines) is 1. The van der Waals surface area contributed by atoms with Crippen LogP contribution in [0, 0.1) is 11.3 Å². The van der Waals surface area contributed by atoms with Crippen molar-refractivity contribution in [3.8, 4) is 11.5 Å². The van der Waals surface area contributed by atoms with Gasteiger partial charge in [0.1, 0.15) is 41.3 Å². The van der Waals surface area contributed by atoms with Crippen molar-refractivity contribution in [2.75, 3.05) is 20.8 Å². The van der Waals surface area contributed by atoms with Crippen LogP contribution in [0.2, 0.25) is 0 Å². The SMILES string of the molecule is C=C[C@@H]1C[C@]1(NC(=O)[C@@H]1C[C@@H](Oc2cc(C(=O)[O-])nc3c(Br)c(OC)ccc23)CN1C(=O)[C@@H](NC(=O)OC1CCCC1)C(C)(C)C)C(=O)OC.[Na+]. The summed E-state index contributed by atoms with van der Waals surface area (Å²) in [6.07, 6.45) is 3.41. The van der Waals surface area contributed by atoms with Crippen molar-refractivity contribution in [1.29, 1.82) is 0 Å². The smallest absolute Gasteiger partial charge is 0.543 e. The summed E-state index contributed by atoms with van der Waals surface area (Å²) in [6.45, 7) is 9.00. The van der Waals surface area contributed by atoms with Gasteiger partial charge < -0.3 is 44.4 Å². The van der Waals surface area contributed by atoms with Gasteiger partial charge in [-0.25, -0.2) is 14.6 Å². The first kappa shape index (κ1) is 40.4. The van der Waals surface area contributed by atoms with Crippen LogP contribution in [0.4, 0.5) is 4.79 Å². The monoisotopic (exact) mass is 780 g/mol. The van der Waals surface area contributed by atoms with E-state index in [9.17, 15) is 29.1 Å². The average Bonchev–Trinajstić information content (AvgIpc) is 3.34. The Morgan fingerprint density at radius 1 is 1.12 bits per heavy atom. The number of fused-ring (bicyclic) bond motifs is 1. The molecule has 0 radical (unpaired) electrons. The average molecular weight is 782 g/mol. The Balaban J connectivity index is 0.00000583. The molecule has 3 fully saturated rings. The summed E-state index contributed by atoms with van der Waals surface area (Å²) in [6, 6.07) is 2.29. The number of methoxy groups -OCH3 is 2. The summed E-state index contributed by atoms with van der Waals surface area (Å²) in [7, 11) is 2.68. The van der Waals surface area contributed by atoms with Gasteiger partial charge in [0.2, 0.25) is 11.8 Å². The normalized spacial score (nSPS) is 23.4. The minimum Gasteiger partial charge on any atom is -0.543 e. The number of hydrogen-bond acceptors (Lipinski definition) is 11.